The van der Waals surface area contributed by atoms with E-state index in [1.807, 2.05) is 42.5 Å². The second-order valence-electron chi connectivity index (χ2n) is 9.35. The van der Waals surface area contributed by atoms with Crippen LogP contribution < -0.4 is 4.74 Å². The number of esters is 2. The first-order chi connectivity index (χ1) is 15.7. The Morgan fingerprint density at radius 2 is 1.47 bits per heavy atom. The van der Waals surface area contributed by atoms with Crippen LogP contribution in [0.25, 0.3) is 0 Å². The molecule has 0 amide bonds. The molecule has 0 atom stereocenters. The van der Waals surface area contributed by atoms with E-state index in [9.17, 15) is 9.59 Å². The Morgan fingerprint density at radius 3 is 2.16 bits per heavy atom. The van der Waals surface area contributed by atoms with Crippen molar-refractivity contribution in [2.75, 3.05) is 0 Å². The van der Waals surface area contributed by atoms with Gasteiger partial charge in [0.15, 0.2) is 0 Å². The zero-order valence-corrected chi connectivity index (χ0v) is 18.8. The molecule has 32 heavy (non-hydrogen) atoms. The van der Waals surface area contributed by atoms with Crippen molar-refractivity contribution in [2.45, 2.75) is 76.7 Å². The van der Waals surface area contributed by atoms with Crippen LogP contribution in [0.2, 0.25) is 0 Å². The van der Waals surface area contributed by atoms with Crippen LogP contribution in [0.1, 0.15) is 80.1 Å². The Bertz CT molecular complexity index is 860. The van der Waals surface area contributed by atoms with Crippen LogP contribution in [-0.2, 0) is 16.0 Å². The van der Waals surface area contributed by atoms with Crippen molar-refractivity contribution in [3.63, 3.8) is 0 Å². The number of carbonyl (C=O) groups excluding carboxylic acids is 2. The molecular formula is C28H34O4. The second-order valence-corrected chi connectivity index (χ2v) is 9.35. The van der Waals surface area contributed by atoms with Crippen molar-refractivity contribution in [1.82, 2.24) is 0 Å². The SMILES string of the molecule is O=C(Oc1ccc(CCC2CCC(C(=O)OC3CCCCC3)CC2)cc1)c1ccccc1. The molecule has 0 aliphatic heterocycles. The lowest BCUT2D eigenvalue weighted by Gasteiger charge is -2.29. The van der Waals surface area contributed by atoms with E-state index in [1.54, 1.807) is 12.1 Å². The van der Waals surface area contributed by atoms with Crippen molar-refractivity contribution in [1.29, 1.82) is 0 Å². The van der Waals surface area contributed by atoms with Crippen LogP contribution >= 0.6 is 0 Å². The van der Waals surface area contributed by atoms with E-state index in [0.29, 0.717) is 17.2 Å². The van der Waals surface area contributed by atoms with Crippen molar-refractivity contribution in [3.8, 4) is 5.75 Å². The maximum Gasteiger partial charge on any atom is 0.343 e. The van der Waals surface area contributed by atoms with E-state index >= 15 is 0 Å². The molecule has 4 nitrogen and oxygen atoms in total. The minimum absolute atomic E-state index is 0.0518. The van der Waals surface area contributed by atoms with Gasteiger partial charge in [-0.2, -0.15) is 0 Å². The molecule has 4 heteroatoms. The summed E-state index contributed by atoms with van der Waals surface area (Å²) in [5.41, 5.74) is 1.80. The van der Waals surface area contributed by atoms with Crippen molar-refractivity contribution in [2.24, 2.45) is 11.8 Å². The molecule has 0 radical (unpaired) electrons. The van der Waals surface area contributed by atoms with Crippen LogP contribution in [0.5, 0.6) is 5.75 Å². The Hall–Kier alpha value is -2.62. The third kappa shape index (κ3) is 6.44. The first-order valence-electron chi connectivity index (χ1n) is 12.2. The van der Waals surface area contributed by atoms with Gasteiger partial charge in [0, 0.05) is 0 Å². The van der Waals surface area contributed by atoms with E-state index < -0.39 is 0 Å². The van der Waals surface area contributed by atoms with E-state index in [-0.39, 0.29) is 24.0 Å². The number of rotatable bonds is 7. The zero-order chi connectivity index (χ0) is 22.2. The quantitative estimate of drug-likeness (QED) is 0.368. The highest BCUT2D eigenvalue weighted by Crippen LogP contribution is 2.33. The van der Waals surface area contributed by atoms with E-state index in [2.05, 4.69) is 0 Å². The maximum atomic E-state index is 12.5. The lowest BCUT2D eigenvalue weighted by atomic mass is 9.79. The van der Waals surface area contributed by atoms with Gasteiger partial charge in [0.05, 0.1) is 11.5 Å². The number of ether oxygens (including phenoxy) is 2. The summed E-state index contributed by atoms with van der Waals surface area (Å²) in [6, 6.07) is 16.9. The summed E-state index contributed by atoms with van der Waals surface area (Å²) in [5.74, 6) is 1.06. The summed E-state index contributed by atoms with van der Waals surface area (Å²) in [7, 11) is 0. The van der Waals surface area contributed by atoms with Gasteiger partial charge in [0.25, 0.3) is 0 Å². The lowest BCUT2D eigenvalue weighted by molar-refractivity contribution is -0.157. The molecule has 2 aliphatic carbocycles. The van der Waals surface area contributed by atoms with Gasteiger partial charge < -0.3 is 9.47 Å². The summed E-state index contributed by atoms with van der Waals surface area (Å²) in [6.07, 6.45) is 12.2. The number of hydrogen-bond donors (Lipinski definition) is 0. The van der Waals surface area contributed by atoms with Crippen LogP contribution in [0.4, 0.5) is 0 Å². The first kappa shape index (κ1) is 22.6. The monoisotopic (exact) mass is 434 g/mol. The first-order valence-corrected chi connectivity index (χ1v) is 12.2. The Kier molecular flexibility index (Phi) is 7.97. The predicted molar refractivity (Wildman–Crippen MR) is 125 cm³/mol. The molecule has 0 aromatic heterocycles. The molecule has 0 unspecified atom stereocenters. The smallest absolute Gasteiger partial charge is 0.343 e. The Morgan fingerprint density at radius 1 is 0.781 bits per heavy atom. The standard InChI is InChI=1S/C28H34O4/c29-27(23-7-3-1-4-8-23)32-26-19-15-22(16-20-26)12-11-21-13-17-24(18-14-21)28(30)31-25-9-5-2-6-10-25/h1,3-4,7-8,15-16,19-21,24-25H,2,5-6,9-14,17-18H2. The largest absolute Gasteiger partial charge is 0.462 e. The van der Waals surface area contributed by atoms with E-state index in [1.165, 1.54) is 24.8 Å². The third-order valence-electron chi connectivity index (χ3n) is 7.00. The average molecular weight is 435 g/mol. The van der Waals surface area contributed by atoms with Gasteiger partial charge >= 0.3 is 11.9 Å². The summed E-state index contributed by atoms with van der Waals surface area (Å²) in [6.45, 7) is 0. The fourth-order valence-corrected chi connectivity index (χ4v) is 4.97. The van der Waals surface area contributed by atoms with Crippen molar-refractivity contribution >= 4 is 11.9 Å². The summed E-state index contributed by atoms with van der Waals surface area (Å²) in [5, 5.41) is 0. The fourth-order valence-electron chi connectivity index (χ4n) is 4.97. The molecule has 170 valence electrons. The molecule has 2 aromatic rings. The van der Waals surface area contributed by atoms with Gasteiger partial charge in [-0.25, -0.2) is 4.79 Å². The summed E-state index contributed by atoms with van der Waals surface area (Å²) >= 11 is 0. The van der Waals surface area contributed by atoms with Gasteiger partial charge in [-0.15, -0.1) is 0 Å². The van der Waals surface area contributed by atoms with E-state index in [4.69, 9.17) is 9.47 Å². The Balaban J connectivity index is 1.17. The van der Waals surface area contributed by atoms with Gasteiger partial charge in [0.2, 0.25) is 0 Å². The molecule has 0 saturated heterocycles. The highest BCUT2D eigenvalue weighted by atomic mass is 16.5. The number of benzene rings is 2. The molecule has 2 fully saturated rings. The Labute approximate surface area is 191 Å². The van der Waals surface area contributed by atoms with Crippen molar-refractivity contribution in [3.05, 3.63) is 65.7 Å². The number of carbonyl (C=O) groups is 2. The maximum absolute atomic E-state index is 12.5. The molecule has 0 heterocycles. The molecular weight excluding hydrogens is 400 g/mol. The van der Waals surface area contributed by atoms with Gasteiger partial charge in [-0.05, 0) is 100.0 Å². The van der Waals surface area contributed by atoms with Crippen LogP contribution in [0.15, 0.2) is 54.6 Å². The molecule has 2 aromatic carbocycles. The minimum Gasteiger partial charge on any atom is -0.462 e. The number of hydrogen-bond acceptors (Lipinski definition) is 4. The topological polar surface area (TPSA) is 52.6 Å². The van der Waals surface area contributed by atoms with Gasteiger partial charge in [0.1, 0.15) is 11.9 Å². The molecule has 4 rings (SSSR count). The third-order valence-corrected chi connectivity index (χ3v) is 7.00. The molecule has 2 aliphatic rings. The second kappa shape index (κ2) is 11.3. The molecule has 0 bridgehead atoms. The van der Waals surface area contributed by atoms with Crippen LogP contribution in [0.3, 0.4) is 0 Å². The zero-order valence-electron chi connectivity index (χ0n) is 18.8. The minimum atomic E-state index is -0.336. The lowest BCUT2D eigenvalue weighted by Crippen LogP contribution is -2.28. The molecule has 2 saturated carbocycles. The highest BCUT2D eigenvalue weighted by Gasteiger charge is 2.29. The van der Waals surface area contributed by atoms with E-state index in [0.717, 1.165) is 51.4 Å². The van der Waals surface area contributed by atoms with Crippen molar-refractivity contribution < 1.29 is 19.1 Å². The fraction of sp³-hybridized carbons (Fsp3) is 0.500. The highest BCUT2D eigenvalue weighted by molar-refractivity contribution is 5.90. The summed E-state index contributed by atoms with van der Waals surface area (Å²) < 4.78 is 11.2. The van der Waals surface area contributed by atoms with Crippen LogP contribution in [0, 0.1) is 11.8 Å². The van der Waals surface area contributed by atoms with Gasteiger partial charge in [-0.3, -0.25) is 4.79 Å². The average Bonchev–Trinajstić information content (AvgIpc) is 2.85. The predicted octanol–water partition coefficient (Wildman–Crippen LogP) is 6.52. The normalized spacial score (nSPS) is 21.6. The van der Waals surface area contributed by atoms with Gasteiger partial charge in [-0.1, -0.05) is 36.8 Å². The van der Waals surface area contributed by atoms with Crippen LogP contribution in [-0.4, -0.2) is 18.0 Å². The molecule has 0 N–H and O–H groups in total. The summed E-state index contributed by atoms with van der Waals surface area (Å²) in [4.78, 5) is 24.7. The molecule has 0 spiro atoms. The number of aryl methyl sites for hydroxylation is 1.